The van der Waals surface area contributed by atoms with E-state index in [1.54, 1.807) is 19.1 Å². The van der Waals surface area contributed by atoms with E-state index in [9.17, 15) is 4.39 Å². The van der Waals surface area contributed by atoms with Crippen molar-refractivity contribution in [1.82, 2.24) is 0 Å². The Bertz CT molecular complexity index is 337. The summed E-state index contributed by atoms with van der Waals surface area (Å²) < 4.78 is 23.7. The molecule has 0 heterocycles. The number of hydrogen-bond acceptors (Lipinski definition) is 3. The largest absolute Gasteiger partial charge is 0.493 e. The smallest absolute Gasteiger partial charge is 0.165 e. The van der Waals surface area contributed by atoms with Gasteiger partial charge in [0, 0.05) is 19.2 Å². The van der Waals surface area contributed by atoms with Crippen molar-refractivity contribution >= 4 is 0 Å². The number of ether oxygens (including phenoxy) is 2. The lowest BCUT2D eigenvalue weighted by Crippen LogP contribution is -2.34. The minimum absolute atomic E-state index is 0.187. The van der Waals surface area contributed by atoms with Crippen molar-refractivity contribution in [3.05, 3.63) is 29.6 Å². The van der Waals surface area contributed by atoms with Gasteiger partial charge in [-0.2, -0.15) is 0 Å². The van der Waals surface area contributed by atoms with Crippen molar-refractivity contribution < 1.29 is 13.9 Å². The molecule has 1 unspecified atom stereocenters. The number of halogens is 1. The van der Waals surface area contributed by atoms with Crippen LogP contribution in [0.15, 0.2) is 18.2 Å². The number of nitrogens with two attached hydrogens (primary N) is 1. The molecular formula is C11H16FNO2. The van der Waals surface area contributed by atoms with Gasteiger partial charge in [-0.25, -0.2) is 4.39 Å². The van der Waals surface area contributed by atoms with Crippen LogP contribution in [0.25, 0.3) is 0 Å². The summed E-state index contributed by atoms with van der Waals surface area (Å²) >= 11 is 0. The van der Waals surface area contributed by atoms with Gasteiger partial charge < -0.3 is 15.2 Å². The van der Waals surface area contributed by atoms with Crippen LogP contribution < -0.4 is 10.5 Å². The molecule has 0 saturated heterocycles. The van der Waals surface area contributed by atoms with E-state index in [-0.39, 0.29) is 12.3 Å². The van der Waals surface area contributed by atoms with Crippen molar-refractivity contribution in [3.63, 3.8) is 0 Å². The number of rotatable bonds is 4. The van der Waals surface area contributed by atoms with E-state index in [1.165, 1.54) is 20.3 Å². The quantitative estimate of drug-likeness (QED) is 0.827. The summed E-state index contributed by atoms with van der Waals surface area (Å²) in [6.07, 6.45) is 0. The van der Waals surface area contributed by atoms with Gasteiger partial charge in [-0.15, -0.1) is 0 Å². The molecule has 0 radical (unpaired) electrons. The van der Waals surface area contributed by atoms with Crippen LogP contribution in [0, 0.1) is 5.82 Å². The van der Waals surface area contributed by atoms with Gasteiger partial charge in [0.05, 0.1) is 7.11 Å². The molecule has 1 aromatic carbocycles. The Hall–Kier alpha value is -1.13. The molecule has 0 saturated carbocycles. The van der Waals surface area contributed by atoms with Gasteiger partial charge in [0.15, 0.2) is 11.6 Å². The van der Waals surface area contributed by atoms with Gasteiger partial charge in [-0.1, -0.05) is 12.1 Å². The Morgan fingerprint density at radius 3 is 2.53 bits per heavy atom. The molecule has 0 aliphatic carbocycles. The average Bonchev–Trinajstić information content (AvgIpc) is 2.27. The van der Waals surface area contributed by atoms with Crippen LogP contribution in [-0.4, -0.2) is 20.8 Å². The highest BCUT2D eigenvalue weighted by atomic mass is 19.1. The highest BCUT2D eigenvalue weighted by Gasteiger charge is 2.29. The van der Waals surface area contributed by atoms with Gasteiger partial charge in [-0.3, -0.25) is 0 Å². The molecule has 0 bridgehead atoms. The summed E-state index contributed by atoms with van der Waals surface area (Å²) in [7, 11) is 2.96. The fourth-order valence-corrected chi connectivity index (χ4v) is 1.44. The van der Waals surface area contributed by atoms with Crippen LogP contribution in [0.1, 0.15) is 12.5 Å². The second-order valence-electron chi connectivity index (χ2n) is 3.46. The van der Waals surface area contributed by atoms with Crippen LogP contribution >= 0.6 is 0 Å². The molecule has 0 aliphatic rings. The molecule has 0 fully saturated rings. The summed E-state index contributed by atoms with van der Waals surface area (Å²) in [5.74, 6) is -0.223. The van der Waals surface area contributed by atoms with Crippen molar-refractivity contribution in [2.75, 3.05) is 20.8 Å². The van der Waals surface area contributed by atoms with Gasteiger partial charge in [0.1, 0.15) is 5.60 Å². The molecule has 0 aliphatic heterocycles. The maximum Gasteiger partial charge on any atom is 0.165 e. The zero-order valence-corrected chi connectivity index (χ0v) is 9.21. The second-order valence-corrected chi connectivity index (χ2v) is 3.46. The maximum atomic E-state index is 13.4. The first-order valence-electron chi connectivity index (χ1n) is 4.67. The third kappa shape index (κ3) is 2.11. The third-order valence-electron chi connectivity index (χ3n) is 2.58. The zero-order chi connectivity index (χ0) is 11.5. The summed E-state index contributed by atoms with van der Waals surface area (Å²) in [5.41, 5.74) is 5.51. The standard InChI is InChI=1S/C11H16FNO2/c1-11(7-13,15-3)8-5-4-6-9(12)10(8)14-2/h4-6H,7,13H2,1-3H3. The summed E-state index contributed by atoms with van der Waals surface area (Å²) in [6, 6.07) is 4.70. The molecule has 2 N–H and O–H groups in total. The fourth-order valence-electron chi connectivity index (χ4n) is 1.44. The van der Waals surface area contributed by atoms with E-state index in [1.807, 2.05) is 0 Å². The van der Waals surface area contributed by atoms with Crippen LogP contribution in [0.4, 0.5) is 4.39 Å². The topological polar surface area (TPSA) is 44.5 Å². The van der Waals surface area contributed by atoms with Gasteiger partial charge in [0.2, 0.25) is 0 Å². The van der Waals surface area contributed by atoms with Gasteiger partial charge in [0.25, 0.3) is 0 Å². The van der Waals surface area contributed by atoms with Crippen LogP contribution in [0.5, 0.6) is 5.75 Å². The molecule has 1 rings (SSSR count). The van der Waals surface area contributed by atoms with E-state index >= 15 is 0 Å². The summed E-state index contributed by atoms with van der Waals surface area (Å²) in [6.45, 7) is 2.05. The fraction of sp³-hybridized carbons (Fsp3) is 0.455. The van der Waals surface area contributed by atoms with E-state index in [0.29, 0.717) is 5.56 Å². The highest BCUT2D eigenvalue weighted by Crippen LogP contribution is 2.33. The SMILES string of the molecule is COc1c(F)cccc1C(C)(CN)OC. The predicted octanol–water partition coefficient (Wildman–Crippen LogP) is 1.65. The summed E-state index contributed by atoms with van der Waals surface area (Å²) in [4.78, 5) is 0. The van der Waals surface area contributed by atoms with Crippen LogP contribution in [0.2, 0.25) is 0 Å². The first kappa shape index (κ1) is 11.9. The molecule has 1 aromatic rings. The first-order chi connectivity index (χ1) is 7.09. The number of benzene rings is 1. The monoisotopic (exact) mass is 213 g/mol. The Morgan fingerprint density at radius 2 is 2.07 bits per heavy atom. The van der Waals surface area contributed by atoms with Crippen LogP contribution in [0.3, 0.4) is 0 Å². The molecule has 0 aromatic heterocycles. The first-order valence-corrected chi connectivity index (χ1v) is 4.67. The van der Waals surface area contributed by atoms with E-state index in [4.69, 9.17) is 15.2 Å². The average molecular weight is 213 g/mol. The van der Waals surface area contributed by atoms with Crippen LogP contribution in [-0.2, 0) is 10.3 Å². The lowest BCUT2D eigenvalue weighted by atomic mass is 9.94. The predicted molar refractivity (Wildman–Crippen MR) is 56.4 cm³/mol. The third-order valence-corrected chi connectivity index (χ3v) is 2.58. The minimum atomic E-state index is -0.729. The second kappa shape index (κ2) is 4.59. The Kier molecular flexibility index (Phi) is 3.66. The molecule has 3 nitrogen and oxygen atoms in total. The lowest BCUT2D eigenvalue weighted by molar-refractivity contribution is 0.00782. The van der Waals surface area contributed by atoms with Crippen molar-refractivity contribution in [2.24, 2.45) is 5.73 Å². The summed E-state index contributed by atoms with van der Waals surface area (Å²) in [5, 5.41) is 0. The van der Waals surface area contributed by atoms with Crippen molar-refractivity contribution in [1.29, 1.82) is 0 Å². The molecule has 0 amide bonds. The van der Waals surface area contributed by atoms with Gasteiger partial charge >= 0.3 is 0 Å². The maximum absolute atomic E-state index is 13.4. The zero-order valence-electron chi connectivity index (χ0n) is 9.21. The van der Waals surface area contributed by atoms with Crippen molar-refractivity contribution in [2.45, 2.75) is 12.5 Å². The highest BCUT2D eigenvalue weighted by molar-refractivity contribution is 5.39. The van der Waals surface area contributed by atoms with E-state index in [0.717, 1.165) is 0 Å². The van der Waals surface area contributed by atoms with Crippen molar-refractivity contribution in [3.8, 4) is 5.75 Å². The number of para-hydroxylation sites is 1. The molecular weight excluding hydrogens is 197 g/mol. The molecule has 1 atom stereocenters. The number of hydrogen-bond donors (Lipinski definition) is 1. The number of methoxy groups -OCH3 is 2. The Labute approximate surface area is 89.0 Å². The normalized spacial score (nSPS) is 14.7. The Morgan fingerprint density at radius 1 is 1.40 bits per heavy atom. The molecule has 4 heteroatoms. The van der Waals surface area contributed by atoms with E-state index < -0.39 is 11.4 Å². The molecule has 84 valence electrons. The van der Waals surface area contributed by atoms with E-state index in [2.05, 4.69) is 0 Å². The van der Waals surface area contributed by atoms with Gasteiger partial charge in [-0.05, 0) is 13.0 Å². The Balaban J connectivity index is 3.29. The lowest BCUT2D eigenvalue weighted by Gasteiger charge is -2.28. The molecule has 15 heavy (non-hydrogen) atoms. The minimum Gasteiger partial charge on any atom is -0.493 e. The molecule has 0 spiro atoms.